The fraction of sp³-hybridized carbons (Fsp3) is 0.118. The zero-order valence-electron chi connectivity index (χ0n) is 12.6. The fourth-order valence-electron chi connectivity index (χ4n) is 1.99. The number of phenolic OH excluding ortho intramolecular Hbond substituents is 1. The number of anilines is 1. The number of nitrogens with zero attached hydrogens (tertiary/aromatic N) is 3. The van der Waals surface area contributed by atoms with Gasteiger partial charge in [0.15, 0.2) is 0 Å². The molecule has 0 unspecified atom stereocenters. The second-order valence-electron chi connectivity index (χ2n) is 4.81. The van der Waals surface area contributed by atoms with Crippen molar-refractivity contribution < 1.29 is 5.11 Å². The standard InChI is InChI=1S/C17H16N4OS/c1-2-18-17-21-20-16(23-17)12-7-9-14(10-8-12)19-11-13-5-3-4-6-15(13)22/h3-11,22H,2H2,1H3,(H,18,21). The fourth-order valence-corrected chi connectivity index (χ4v) is 2.81. The molecule has 3 aromatic rings. The SMILES string of the molecule is CCNc1nnc(-c2ccc(N=Cc3ccccc3O)cc2)s1. The van der Waals surface area contributed by atoms with Crippen molar-refractivity contribution >= 4 is 28.4 Å². The quantitative estimate of drug-likeness (QED) is 0.693. The zero-order valence-corrected chi connectivity index (χ0v) is 13.4. The molecule has 0 spiro atoms. The van der Waals surface area contributed by atoms with Crippen LogP contribution in [0.15, 0.2) is 53.5 Å². The molecule has 0 aliphatic heterocycles. The van der Waals surface area contributed by atoms with Gasteiger partial charge in [0.2, 0.25) is 5.13 Å². The van der Waals surface area contributed by atoms with Gasteiger partial charge in [-0.05, 0) is 43.3 Å². The maximum Gasteiger partial charge on any atom is 0.205 e. The van der Waals surface area contributed by atoms with Crippen molar-refractivity contribution in [3.8, 4) is 16.3 Å². The molecule has 1 aromatic heterocycles. The van der Waals surface area contributed by atoms with Crippen LogP contribution in [-0.4, -0.2) is 28.1 Å². The number of aromatic hydroxyl groups is 1. The molecule has 2 aromatic carbocycles. The summed E-state index contributed by atoms with van der Waals surface area (Å²) in [5, 5.41) is 22.8. The van der Waals surface area contributed by atoms with E-state index in [9.17, 15) is 5.11 Å². The normalized spacial score (nSPS) is 11.0. The number of rotatable bonds is 5. The lowest BCUT2D eigenvalue weighted by Crippen LogP contribution is -1.94. The van der Waals surface area contributed by atoms with Gasteiger partial charge in [-0.15, -0.1) is 10.2 Å². The lowest BCUT2D eigenvalue weighted by Gasteiger charge is -1.99. The maximum atomic E-state index is 9.72. The molecule has 0 aliphatic carbocycles. The van der Waals surface area contributed by atoms with Gasteiger partial charge in [0.1, 0.15) is 10.8 Å². The predicted molar refractivity (Wildman–Crippen MR) is 94.9 cm³/mol. The number of aromatic nitrogens is 2. The van der Waals surface area contributed by atoms with Gasteiger partial charge in [-0.1, -0.05) is 23.5 Å². The molecule has 1 heterocycles. The number of hydrogen-bond donors (Lipinski definition) is 2. The largest absolute Gasteiger partial charge is 0.507 e. The Bertz CT molecular complexity index is 811. The number of para-hydroxylation sites is 1. The van der Waals surface area contributed by atoms with E-state index in [0.29, 0.717) is 5.56 Å². The summed E-state index contributed by atoms with van der Waals surface area (Å²) in [6, 6.07) is 14.9. The Hall–Kier alpha value is -2.73. The molecule has 0 saturated heterocycles. The van der Waals surface area contributed by atoms with Crippen molar-refractivity contribution in [2.75, 3.05) is 11.9 Å². The second kappa shape index (κ2) is 7.02. The van der Waals surface area contributed by atoms with Gasteiger partial charge in [0, 0.05) is 23.9 Å². The Morgan fingerprint density at radius 1 is 1.13 bits per heavy atom. The van der Waals surface area contributed by atoms with E-state index in [2.05, 4.69) is 20.5 Å². The average molecular weight is 324 g/mol. The number of nitrogens with one attached hydrogen (secondary N) is 1. The predicted octanol–water partition coefficient (Wildman–Crippen LogP) is 4.09. The van der Waals surface area contributed by atoms with Gasteiger partial charge < -0.3 is 10.4 Å². The zero-order chi connectivity index (χ0) is 16.1. The van der Waals surface area contributed by atoms with Gasteiger partial charge in [0.05, 0.1) is 5.69 Å². The molecular formula is C17H16N4OS. The van der Waals surface area contributed by atoms with Crippen LogP contribution >= 0.6 is 11.3 Å². The Morgan fingerprint density at radius 3 is 2.65 bits per heavy atom. The van der Waals surface area contributed by atoms with Crippen LogP contribution in [0.5, 0.6) is 5.75 Å². The van der Waals surface area contributed by atoms with Crippen LogP contribution in [-0.2, 0) is 0 Å². The molecule has 0 radical (unpaired) electrons. The van der Waals surface area contributed by atoms with Crippen LogP contribution in [0, 0.1) is 0 Å². The minimum Gasteiger partial charge on any atom is -0.507 e. The Labute approximate surface area is 138 Å². The average Bonchev–Trinajstić information content (AvgIpc) is 3.04. The van der Waals surface area contributed by atoms with Crippen LogP contribution in [0.25, 0.3) is 10.6 Å². The molecule has 116 valence electrons. The summed E-state index contributed by atoms with van der Waals surface area (Å²) in [4.78, 5) is 4.38. The van der Waals surface area contributed by atoms with Gasteiger partial charge in [0.25, 0.3) is 0 Å². The first kappa shape index (κ1) is 15.2. The van der Waals surface area contributed by atoms with E-state index in [-0.39, 0.29) is 5.75 Å². The maximum absolute atomic E-state index is 9.72. The first-order valence-corrected chi connectivity index (χ1v) is 8.08. The van der Waals surface area contributed by atoms with Crippen LogP contribution in [0.1, 0.15) is 12.5 Å². The van der Waals surface area contributed by atoms with E-state index in [4.69, 9.17) is 0 Å². The summed E-state index contributed by atoms with van der Waals surface area (Å²) in [5.41, 5.74) is 2.51. The number of phenols is 1. The monoisotopic (exact) mass is 324 g/mol. The highest BCUT2D eigenvalue weighted by molar-refractivity contribution is 7.18. The number of hydrogen-bond acceptors (Lipinski definition) is 6. The van der Waals surface area contributed by atoms with Crippen LogP contribution in [0.2, 0.25) is 0 Å². The third-order valence-electron chi connectivity index (χ3n) is 3.16. The molecule has 3 rings (SSSR count). The van der Waals surface area contributed by atoms with Crippen molar-refractivity contribution in [2.24, 2.45) is 4.99 Å². The van der Waals surface area contributed by atoms with Gasteiger partial charge in [-0.3, -0.25) is 4.99 Å². The summed E-state index contributed by atoms with van der Waals surface area (Å²) in [6.45, 7) is 2.85. The Kier molecular flexibility index (Phi) is 4.63. The van der Waals surface area contributed by atoms with E-state index >= 15 is 0 Å². The summed E-state index contributed by atoms with van der Waals surface area (Å²) in [5.74, 6) is 0.220. The summed E-state index contributed by atoms with van der Waals surface area (Å²) < 4.78 is 0. The lowest BCUT2D eigenvalue weighted by molar-refractivity contribution is 0.474. The molecule has 0 aliphatic rings. The Balaban J connectivity index is 1.75. The molecular weight excluding hydrogens is 308 g/mol. The minimum absolute atomic E-state index is 0.220. The first-order valence-electron chi connectivity index (χ1n) is 7.26. The second-order valence-corrected chi connectivity index (χ2v) is 5.78. The van der Waals surface area contributed by atoms with E-state index in [1.807, 2.05) is 43.3 Å². The van der Waals surface area contributed by atoms with E-state index in [1.54, 1.807) is 18.3 Å². The highest BCUT2D eigenvalue weighted by Gasteiger charge is 2.05. The van der Waals surface area contributed by atoms with Gasteiger partial charge in [-0.25, -0.2) is 0 Å². The summed E-state index contributed by atoms with van der Waals surface area (Å²) in [7, 11) is 0. The van der Waals surface area contributed by atoms with Gasteiger partial charge in [-0.2, -0.15) is 0 Å². The van der Waals surface area contributed by atoms with Crippen molar-refractivity contribution in [3.05, 3.63) is 54.1 Å². The summed E-state index contributed by atoms with van der Waals surface area (Å²) in [6.07, 6.45) is 1.65. The highest BCUT2D eigenvalue weighted by atomic mass is 32.1. The topological polar surface area (TPSA) is 70.4 Å². The van der Waals surface area contributed by atoms with Gasteiger partial charge >= 0.3 is 0 Å². The molecule has 0 bridgehead atoms. The highest BCUT2D eigenvalue weighted by Crippen LogP contribution is 2.27. The molecule has 6 heteroatoms. The van der Waals surface area contributed by atoms with Crippen molar-refractivity contribution in [1.29, 1.82) is 0 Å². The Morgan fingerprint density at radius 2 is 1.91 bits per heavy atom. The third kappa shape index (κ3) is 3.73. The smallest absolute Gasteiger partial charge is 0.205 e. The molecule has 0 amide bonds. The molecule has 23 heavy (non-hydrogen) atoms. The van der Waals surface area contributed by atoms with Crippen LogP contribution < -0.4 is 5.32 Å². The van der Waals surface area contributed by atoms with Crippen molar-refractivity contribution in [3.63, 3.8) is 0 Å². The minimum atomic E-state index is 0.220. The van der Waals surface area contributed by atoms with Crippen molar-refractivity contribution in [1.82, 2.24) is 10.2 Å². The first-order chi connectivity index (χ1) is 11.3. The van der Waals surface area contributed by atoms with E-state index < -0.39 is 0 Å². The lowest BCUT2D eigenvalue weighted by atomic mass is 10.2. The number of benzene rings is 2. The third-order valence-corrected chi connectivity index (χ3v) is 4.09. The van der Waals surface area contributed by atoms with Crippen LogP contribution in [0.3, 0.4) is 0 Å². The van der Waals surface area contributed by atoms with E-state index in [1.165, 1.54) is 11.3 Å². The molecule has 0 atom stereocenters. The molecule has 5 nitrogen and oxygen atoms in total. The van der Waals surface area contributed by atoms with E-state index in [0.717, 1.165) is 27.9 Å². The van der Waals surface area contributed by atoms with Crippen molar-refractivity contribution in [2.45, 2.75) is 6.92 Å². The molecule has 0 fully saturated rings. The number of aliphatic imine (C=N–C) groups is 1. The summed E-state index contributed by atoms with van der Waals surface area (Å²) >= 11 is 1.52. The molecule has 0 saturated carbocycles. The molecule has 2 N–H and O–H groups in total. The van der Waals surface area contributed by atoms with Crippen LogP contribution in [0.4, 0.5) is 10.8 Å².